The minimum Gasteiger partial charge on any atom is -0.379 e. The number of fused-ring (bicyclic) bond motifs is 2. The third kappa shape index (κ3) is 3.92. The normalized spacial score (nSPS) is 20.1. The van der Waals surface area contributed by atoms with E-state index in [1.165, 1.54) is 11.1 Å². The van der Waals surface area contributed by atoms with Gasteiger partial charge in [0, 0.05) is 44.3 Å². The van der Waals surface area contributed by atoms with E-state index in [4.69, 9.17) is 20.4 Å². The molecule has 1 saturated heterocycles. The van der Waals surface area contributed by atoms with Crippen LogP contribution in [-0.2, 0) is 24.1 Å². The highest BCUT2D eigenvalue weighted by Gasteiger charge is 2.20. The van der Waals surface area contributed by atoms with Gasteiger partial charge in [-0.2, -0.15) is 0 Å². The lowest BCUT2D eigenvalue weighted by Gasteiger charge is -2.27. The number of rotatable bonds is 5. The molecule has 1 aromatic carbocycles. The first-order valence-corrected chi connectivity index (χ1v) is 10.8. The Morgan fingerprint density at radius 3 is 2.79 bits per heavy atom. The molecule has 0 amide bonds. The molecule has 1 unspecified atom stereocenters. The van der Waals surface area contributed by atoms with E-state index in [1.807, 2.05) is 0 Å². The van der Waals surface area contributed by atoms with Crippen LogP contribution in [0.25, 0.3) is 11.0 Å². The highest BCUT2D eigenvalue weighted by molar-refractivity contribution is 5.76. The summed E-state index contributed by atoms with van der Waals surface area (Å²) in [6.45, 7) is 5.62. The highest BCUT2D eigenvalue weighted by atomic mass is 16.5. The molecular weight excluding hydrogens is 362 g/mol. The van der Waals surface area contributed by atoms with Crippen LogP contribution in [0.1, 0.15) is 41.7 Å². The number of benzene rings is 1. The smallest absolute Gasteiger partial charge is 0.115 e. The molecule has 0 bridgehead atoms. The van der Waals surface area contributed by atoms with Gasteiger partial charge in [0.2, 0.25) is 0 Å². The van der Waals surface area contributed by atoms with Crippen molar-refractivity contribution in [2.75, 3.05) is 32.8 Å². The zero-order valence-electron chi connectivity index (χ0n) is 16.9. The Morgan fingerprint density at radius 2 is 1.90 bits per heavy atom. The van der Waals surface area contributed by atoms with Crippen molar-refractivity contribution in [1.29, 1.82) is 0 Å². The summed E-state index contributed by atoms with van der Waals surface area (Å²) in [6.07, 6.45) is 4.01. The Morgan fingerprint density at radius 1 is 1.03 bits per heavy atom. The van der Waals surface area contributed by atoms with Gasteiger partial charge in [-0.1, -0.05) is 18.2 Å². The fraction of sp³-hybridized carbons (Fsp3) is 0.478. The lowest BCUT2D eigenvalue weighted by Crippen LogP contribution is -2.38. The molecule has 2 aliphatic rings. The van der Waals surface area contributed by atoms with Gasteiger partial charge in [-0.15, -0.1) is 0 Å². The topological polar surface area (TPSA) is 69.2 Å². The van der Waals surface area contributed by atoms with Gasteiger partial charge in [-0.05, 0) is 43.0 Å². The number of aryl methyl sites for hydroxylation is 1. The van der Waals surface area contributed by atoms with Crippen LogP contribution in [0, 0.1) is 0 Å². The summed E-state index contributed by atoms with van der Waals surface area (Å²) in [7, 11) is 0. The lowest BCUT2D eigenvalue weighted by atomic mass is 9.92. The predicted octanol–water partition coefficient (Wildman–Crippen LogP) is 2.69. The first-order valence-electron chi connectivity index (χ1n) is 10.8. The highest BCUT2D eigenvalue weighted by Crippen LogP contribution is 2.27. The third-order valence-electron chi connectivity index (χ3n) is 6.20. The van der Waals surface area contributed by atoms with Crippen LogP contribution >= 0.6 is 0 Å². The van der Waals surface area contributed by atoms with Gasteiger partial charge >= 0.3 is 0 Å². The summed E-state index contributed by atoms with van der Waals surface area (Å²) < 4.78 is 7.85. The average molecular weight is 392 g/mol. The number of aromatic nitrogens is 3. The second kappa shape index (κ2) is 8.22. The predicted molar refractivity (Wildman–Crippen MR) is 114 cm³/mol. The van der Waals surface area contributed by atoms with E-state index in [0.29, 0.717) is 0 Å². The van der Waals surface area contributed by atoms with Gasteiger partial charge in [0.15, 0.2) is 0 Å². The number of pyridine rings is 1. The fourth-order valence-corrected chi connectivity index (χ4v) is 4.56. The molecule has 1 aliphatic heterocycles. The number of nitrogens with two attached hydrogens (primary N) is 1. The minimum atomic E-state index is 0.0684. The number of para-hydroxylation sites is 2. The molecule has 6 nitrogen and oxygen atoms in total. The molecule has 2 aromatic heterocycles. The Hall–Kier alpha value is -2.28. The number of morpholine rings is 1. The van der Waals surface area contributed by atoms with Crippen molar-refractivity contribution in [1.82, 2.24) is 19.4 Å². The minimum absolute atomic E-state index is 0.0684. The molecule has 0 saturated carbocycles. The summed E-state index contributed by atoms with van der Waals surface area (Å²) in [6, 6.07) is 12.9. The molecule has 5 rings (SSSR count). The van der Waals surface area contributed by atoms with Crippen LogP contribution in [-0.4, -0.2) is 52.3 Å². The third-order valence-corrected chi connectivity index (χ3v) is 6.20. The molecule has 1 aliphatic carbocycles. The number of hydrogen-bond donors (Lipinski definition) is 1. The van der Waals surface area contributed by atoms with E-state index < -0.39 is 0 Å². The zero-order chi connectivity index (χ0) is 19.6. The first-order chi connectivity index (χ1) is 14.3. The van der Waals surface area contributed by atoms with Gasteiger partial charge < -0.3 is 15.0 Å². The van der Waals surface area contributed by atoms with E-state index in [1.54, 1.807) is 0 Å². The lowest BCUT2D eigenvalue weighted by molar-refractivity contribution is 0.0364. The molecule has 0 radical (unpaired) electrons. The summed E-state index contributed by atoms with van der Waals surface area (Å²) in [5, 5.41) is 0. The average Bonchev–Trinajstić information content (AvgIpc) is 3.10. The molecule has 2 N–H and O–H groups in total. The second-order valence-electron chi connectivity index (χ2n) is 8.14. The first kappa shape index (κ1) is 18.7. The maximum Gasteiger partial charge on any atom is 0.115 e. The van der Waals surface area contributed by atoms with E-state index >= 15 is 0 Å². The molecule has 1 fully saturated rings. The zero-order valence-corrected chi connectivity index (χ0v) is 16.9. The molecule has 3 heterocycles. The van der Waals surface area contributed by atoms with Crippen LogP contribution < -0.4 is 5.73 Å². The Bertz CT molecular complexity index is 992. The van der Waals surface area contributed by atoms with Crippen LogP contribution in [0.15, 0.2) is 36.4 Å². The van der Waals surface area contributed by atoms with Gasteiger partial charge in [-0.3, -0.25) is 9.88 Å². The van der Waals surface area contributed by atoms with Gasteiger partial charge in [0.05, 0.1) is 29.9 Å². The molecule has 3 aromatic rings. The van der Waals surface area contributed by atoms with Crippen molar-refractivity contribution in [2.24, 2.45) is 5.73 Å². The van der Waals surface area contributed by atoms with Gasteiger partial charge in [-0.25, -0.2) is 4.98 Å². The maximum atomic E-state index is 6.33. The van der Waals surface area contributed by atoms with Crippen molar-refractivity contribution < 1.29 is 4.74 Å². The number of ether oxygens (including phenoxy) is 1. The van der Waals surface area contributed by atoms with Crippen molar-refractivity contribution in [3.05, 3.63) is 59.2 Å². The standard InChI is InChI=1S/C23H29N5O/c24-19-5-3-4-17-8-9-18(25-23(17)19)16-22-26-20-6-1-2-7-21(20)28(22)11-10-27-12-14-29-15-13-27/h1-2,6-9,19H,3-5,10-16,24H2. The SMILES string of the molecule is NC1CCCc2ccc(Cc3nc4ccccc4n3CCN3CCOCC3)nc21. The van der Waals surface area contributed by atoms with Crippen molar-refractivity contribution in [3.8, 4) is 0 Å². The quantitative estimate of drug-likeness (QED) is 0.724. The van der Waals surface area contributed by atoms with E-state index in [2.05, 4.69) is 45.9 Å². The van der Waals surface area contributed by atoms with Crippen molar-refractivity contribution in [2.45, 2.75) is 38.3 Å². The van der Waals surface area contributed by atoms with E-state index in [9.17, 15) is 0 Å². The van der Waals surface area contributed by atoms with E-state index in [-0.39, 0.29) is 6.04 Å². The van der Waals surface area contributed by atoms with Crippen LogP contribution in [0.3, 0.4) is 0 Å². The summed E-state index contributed by atoms with van der Waals surface area (Å²) in [5.74, 6) is 1.08. The second-order valence-corrected chi connectivity index (χ2v) is 8.14. The molecule has 152 valence electrons. The summed E-state index contributed by atoms with van der Waals surface area (Å²) in [5.41, 5.74) is 12.0. The Labute approximate surface area is 171 Å². The number of imidazole rings is 1. The van der Waals surface area contributed by atoms with Gasteiger partial charge in [0.1, 0.15) is 5.82 Å². The maximum absolute atomic E-state index is 6.33. The van der Waals surface area contributed by atoms with Crippen molar-refractivity contribution >= 4 is 11.0 Å². The Balaban J connectivity index is 1.42. The fourth-order valence-electron chi connectivity index (χ4n) is 4.56. The molecule has 0 spiro atoms. The van der Waals surface area contributed by atoms with Crippen LogP contribution in [0.5, 0.6) is 0 Å². The Kier molecular flexibility index (Phi) is 5.31. The largest absolute Gasteiger partial charge is 0.379 e. The van der Waals surface area contributed by atoms with Crippen LogP contribution in [0.4, 0.5) is 0 Å². The number of nitrogens with zero attached hydrogens (tertiary/aromatic N) is 4. The summed E-state index contributed by atoms with van der Waals surface area (Å²) >= 11 is 0. The van der Waals surface area contributed by atoms with Crippen LogP contribution in [0.2, 0.25) is 0 Å². The van der Waals surface area contributed by atoms with Crippen molar-refractivity contribution in [3.63, 3.8) is 0 Å². The molecule has 6 heteroatoms. The molecular formula is C23H29N5O. The molecule has 29 heavy (non-hydrogen) atoms. The molecule has 1 atom stereocenters. The number of hydrogen-bond acceptors (Lipinski definition) is 5. The monoisotopic (exact) mass is 391 g/mol. The van der Waals surface area contributed by atoms with E-state index in [0.717, 1.165) is 87.8 Å². The summed E-state index contributed by atoms with van der Waals surface area (Å²) in [4.78, 5) is 12.4. The van der Waals surface area contributed by atoms with Gasteiger partial charge in [0.25, 0.3) is 0 Å².